The largest absolute Gasteiger partial charge is 0.355 e. The van der Waals surface area contributed by atoms with Crippen molar-refractivity contribution in [1.29, 1.82) is 0 Å². The van der Waals surface area contributed by atoms with Crippen LogP contribution < -0.4 is 10.6 Å². The van der Waals surface area contributed by atoms with Crippen LogP contribution in [0.3, 0.4) is 0 Å². The molecule has 1 aliphatic rings. The van der Waals surface area contributed by atoms with Gasteiger partial charge >= 0.3 is 0 Å². The van der Waals surface area contributed by atoms with Crippen LogP contribution in [0, 0.1) is 0 Å². The summed E-state index contributed by atoms with van der Waals surface area (Å²) in [6.45, 7) is 12.7. The van der Waals surface area contributed by atoms with E-state index in [-0.39, 0.29) is 10.7 Å². The van der Waals surface area contributed by atoms with Gasteiger partial charge in [0.1, 0.15) is 0 Å². The van der Waals surface area contributed by atoms with E-state index >= 15 is 0 Å². The fourth-order valence-electron chi connectivity index (χ4n) is 1.80. The Bertz CT molecular complexity index is 247. The normalized spacial score (nSPS) is 17.7. The van der Waals surface area contributed by atoms with Crippen LogP contribution in [0.25, 0.3) is 0 Å². The van der Waals surface area contributed by atoms with E-state index in [0.717, 1.165) is 45.7 Å². The molecule has 4 nitrogen and oxygen atoms in total. The SMILES string of the molecule is CC(C)(C)SCC(=O)NCCCN1CCNCC1. The molecule has 106 valence electrons. The van der Waals surface area contributed by atoms with E-state index in [2.05, 4.69) is 36.3 Å². The molecule has 1 fully saturated rings. The van der Waals surface area contributed by atoms with Gasteiger partial charge in [-0.15, -0.1) is 11.8 Å². The summed E-state index contributed by atoms with van der Waals surface area (Å²) in [5.41, 5.74) is 0. The van der Waals surface area contributed by atoms with Crippen molar-refractivity contribution in [2.75, 3.05) is 45.0 Å². The van der Waals surface area contributed by atoms with Gasteiger partial charge in [-0.25, -0.2) is 0 Å². The molecule has 0 radical (unpaired) electrons. The van der Waals surface area contributed by atoms with Crippen molar-refractivity contribution in [3.05, 3.63) is 0 Å². The Balaban J connectivity index is 1.98. The average molecular weight is 273 g/mol. The third kappa shape index (κ3) is 7.95. The summed E-state index contributed by atoms with van der Waals surface area (Å²) in [6.07, 6.45) is 1.05. The predicted octanol–water partition coefficient (Wildman–Crippen LogP) is 0.930. The Morgan fingerprint density at radius 1 is 1.33 bits per heavy atom. The van der Waals surface area contributed by atoms with Crippen LogP contribution in [0.2, 0.25) is 0 Å². The molecular weight excluding hydrogens is 246 g/mol. The number of piperazine rings is 1. The molecule has 0 bridgehead atoms. The summed E-state index contributed by atoms with van der Waals surface area (Å²) in [7, 11) is 0. The third-order valence-corrected chi connectivity index (χ3v) is 4.09. The number of nitrogens with zero attached hydrogens (tertiary/aromatic N) is 1. The van der Waals surface area contributed by atoms with Gasteiger partial charge in [0.15, 0.2) is 0 Å². The Morgan fingerprint density at radius 3 is 2.61 bits per heavy atom. The number of nitrogens with one attached hydrogen (secondary N) is 2. The molecule has 1 amide bonds. The second-order valence-electron chi connectivity index (χ2n) is 5.70. The molecule has 0 aliphatic carbocycles. The van der Waals surface area contributed by atoms with E-state index in [0.29, 0.717) is 5.75 Å². The topological polar surface area (TPSA) is 44.4 Å². The first kappa shape index (κ1) is 15.8. The van der Waals surface area contributed by atoms with Crippen LogP contribution >= 0.6 is 11.8 Å². The number of carbonyl (C=O) groups excluding carboxylic acids is 1. The number of hydrogen-bond acceptors (Lipinski definition) is 4. The van der Waals surface area contributed by atoms with Crippen molar-refractivity contribution in [2.45, 2.75) is 31.9 Å². The molecule has 0 unspecified atom stereocenters. The van der Waals surface area contributed by atoms with Crippen LogP contribution in [0.1, 0.15) is 27.2 Å². The monoisotopic (exact) mass is 273 g/mol. The number of amides is 1. The quantitative estimate of drug-likeness (QED) is 0.707. The highest BCUT2D eigenvalue weighted by molar-refractivity contribution is 8.01. The first-order valence-corrected chi connectivity index (χ1v) is 7.80. The van der Waals surface area contributed by atoms with E-state index < -0.39 is 0 Å². The van der Waals surface area contributed by atoms with Crippen molar-refractivity contribution in [1.82, 2.24) is 15.5 Å². The highest BCUT2D eigenvalue weighted by atomic mass is 32.2. The van der Waals surface area contributed by atoms with Gasteiger partial charge in [0, 0.05) is 37.5 Å². The smallest absolute Gasteiger partial charge is 0.230 e. The molecule has 0 spiro atoms. The van der Waals surface area contributed by atoms with E-state index in [1.54, 1.807) is 11.8 Å². The summed E-state index contributed by atoms with van der Waals surface area (Å²) in [5, 5.41) is 6.33. The van der Waals surface area contributed by atoms with Gasteiger partial charge < -0.3 is 15.5 Å². The molecule has 0 saturated carbocycles. The maximum atomic E-state index is 11.6. The summed E-state index contributed by atoms with van der Waals surface area (Å²) in [6, 6.07) is 0. The van der Waals surface area contributed by atoms with E-state index in [4.69, 9.17) is 0 Å². The standard InChI is InChI=1S/C13H27N3OS/c1-13(2,3)18-11-12(17)15-5-4-8-16-9-6-14-7-10-16/h14H,4-11H2,1-3H3,(H,15,17). The van der Waals surface area contributed by atoms with Crippen molar-refractivity contribution in [3.8, 4) is 0 Å². The minimum absolute atomic E-state index is 0.162. The minimum Gasteiger partial charge on any atom is -0.355 e. The lowest BCUT2D eigenvalue weighted by molar-refractivity contribution is -0.118. The lowest BCUT2D eigenvalue weighted by atomic mass is 10.3. The molecule has 1 heterocycles. The van der Waals surface area contributed by atoms with E-state index in [1.165, 1.54) is 0 Å². The second kappa shape index (κ2) is 8.02. The van der Waals surface area contributed by atoms with Gasteiger partial charge in [0.05, 0.1) is 5.75 Å². The zero-order chi connectivity index (χ0) is 13.4. The van der Waals surface area contributed by atoms with Crippen LogP contribution in [0.4, 0.5) is 0 Å². The third-order valence-electron chi connectivity index (χ3n) is 2.82. The molecule has 1 aliphatic heterocycles. The van der Waals surface area contributed by atoms with E-state index in [9.17, 15) is 4.79 Å². The lowest BCUT2D eigenvalue weighted by Crippen LogP contribution is -2.44. The molecule has 5 heteroatoms. The van der Waals surface area contributed by atoms with Crippen molar-refractivity contribution < 1.29 is 4.79 Å². The highest BCUT2D eigenvalue weighted by Gasteiger charge is 2.13. The van der Waals surface area contributed by atoms with Crippen molar-refractivity contribution in [2.24, 2.45) is 0 Å². The summed E-state index contributed by atoms with van der Waals surface area (Å²) in [4.78, 5) is 14.0. The van der Waals surface area contributed by atoms with Gasteiger partial charge in [0.25, 0.3) is 0 Å². The van der Waals surface area contributed by atoms with Crippen LogP contribution in [0.5, 0.6) is 0 Å². The Hall–Kier alpha value is -0.260. The first-order chi connectivity index (χ1) is 8.47. The molecule has 0 aromatic carbocycles. The van der Waals surface area contributed by atoms with Crippen LogP contribution in [-0.4, -0.2) is 60.6 Å². The van der Waals surface area contributed by atoms with Crippen molar-refractivity contribution in [3.63, 3.8) is 0 Å². The molecule has 1 saturated heterocycles. The fraction of sp³-hybridized carbons (Fsp3) is 0.923. The average Bonchev–Trinajstić information content (AvgIpc) is 2.33. The van der Waals surface area contributed by atoms with E-state index in [1.807, 2.05) is 0 Å². The Morgan fingerprint density at radius 2 is 2.00 bits per heavy atom. The number of carbonyl (C=O) groups is 1. The summed E-state index contributed by atoms with van der Waals surface area (Å²) < 4.78 is 0.165. The molecule has 2 N–H and O–H groups in total. The van der Waals surface area contributed by atoms with Gasteiger partial charge in [-0.05, 0) is 13.0 Å². The number of rotatable bonds is 6. The van der Waals surface area contributed by atoms with Crippen LogP contribution in [0.15, 0.2) is 0 Å². The van der Waals surface area contributed by atoms with Crippen LogP contribution in [-0.2, 0) is 4.79 Å². The molecule has 0 atom stereocenters. The molecule has 1 rings (SSSR count). The predicted molar refractivity (Wildman–Crippen MR) is 79.1 cm³/mol. The summed E-state index contributed by atoms with van der Waals surface area (Å²) in [5.74, 6) is 0.729. The maximum Gasteiger partial charge on any atom is 0.230 e. The van der Waals surface area contributed by atoms with Gasteiger partial charge in [0.2, 0.25) is 5.91 Å². The number of hydrogen-bond donors (Lipinski definition) is 2. The Labute approximate surface area is 115 Å². The fourth-order valence-corrected chi connectivity index (χ4v) is 2.46. The Kier molecular flexibility index (Phi) is 7.04. The van der Waals surface area contributed by atoms with Gasteiger partial charge in [-0.2, -0.15) is 0 Å². The number of thioether (sulfide) groups is 1. The highest BCUT2D eigenvalue weighted by Crippen LogP contribution is 2.22. The minimum atomic E-state index is 0.162. The maximum absolute atomic E-state index is 11.6. The van der Waals surface area contributed by atoms with Crippen molar-refractivity contribution >= 4 is 17.7 Å². The van der Waals surface area contributed by atoms with Gasteiger partial charge in [-0.3, -0.25) is 4.79 Å². The molecule has 0 aromatic rings. The second-order valence-corrected chi connectivity index (χ2v) is 7.50. The molecule has 0 aromatic heterocycles. The zero-order valence-electron chi connectivity index (χ0n) is 11.9. The lowest BCUT2D eigenvalue weighted by Gasteiger charge is -2.27. The summed E-state index contributed by atoms with van der Waals surface area (Å²) >= 11 is 1.70. The zero-order valence-corrected chi connectivity index (χ0v) is 12.7. The molecular formula is C13H27N3OS. The van der Waals surface area contributed by atoms with Gasteiger partial charge in [-0.1, -0.05) is 20.8 Å². The first-order valence-electron chi connectivity index (χ1n) is 6.81. The molecule has 18 heavy (non-hydrogen) atoms.